The van der Waals surface area contributed by atoms with Crippen molar-refractivity contribution in [2.24, 2.45) is 0 Å². The molecular formula is C28H26N2O5. The number of pyridine rings is 1. The molecule has 1 aromatic heterocycles. The van der Waals surface area contributed by atoms with E-state index in [4.69, 9.17) is 9.47 Å². The van der Waals surface area contributed by atoms with Crippen molar-refractivity contribution in [3.05, 3.63) is 108 Å². The number of benzene rings is 2. The number of Topliss-reactive ketones (excluding diaryl/α,β-unsaturated/α-hetero) is 1. The fourth-order valence-corrected chi connectivity index (χ4v) is 4.03. The summed E-state index contributed by atoms with van der Waals surface area (Å²) in [6, 6.07) is 16.4. The van der Waals surface area contributed by atoms with E-state index < -0.39 is 23.5 Å². The van der Waals surface area contributed by atoms with Gasteiger partial charge in [0.05, 0.1) is 19.2 Å². The highest BCUT2D eigenvalue weighted by Crippen LogP contribution is 2.40. The Kier molecular flexibility index (Phi) is 7.26. The molecule has 1 aliphatic heterocycles. The number of ether oxygens (including phenoxy) is 2. The Morgan fingerprint density at radius 3 is 2.37 bits per heavy atom. The smallest absolute Gasteiger partial charge is 0.295 e. The Balaban J connectivity index is 1.77. The molecule has 1 N–H and O–H groups in total. The van der Waals surface area contributed by atoms with Gasteiger partial charge in [-0.1, -0.05) is 42.7 Å². The van der Waals surface area contributed by atoms with Crippen LogP contribution >= 0.6 is 0 Å². The Morgan fingerprint density at radius 1 is 1.06 bits per heavy atom. The normalized spacial score (nSPS) is 16.8. The number of H-pyrrole nitrogens is 1. The predicted octanol–water partition coefficient (Wildman–Crippen LogP) is 2.89. The molecule has 1 amide bonds. The Hall–Kier alpha value is -4.39. The predicted molar refractivity (Wildman–Crippen MR) is 128 cm³/mol. The van der Waals surface area contributed by atoms with E-state index in [1.165, 1.54) is 4.90 Å². The third-order valence-electron chi connectivity index (χ3n) is 5.65. The lowest BCUT2D eigenvalue weighted by Gasteiger charge is -2.27. The van der Waals surface area contributed by atoms with E-state index in [1.807, 2.05) is 19.1 Å². The molecule has 1 aliphatic rings. The number of hydrogen-bond donors (Lipinski definition) is 0. The molecule has 0 radical (unpaired) electrons. The fourth-order valence-electron chi connectivity index (χ4n) is 4.03. The molecule has 1 fully saturated rings. The Morgan fingerprint density at radius 2 is 1.74 bits per heavy atom. The number of likely N-dealkylation sites (tertiary alicyclic amines) is 1. The van der Waals surface area contributed by atoms with Gasteiger partial charge < -0.3 is 19.5 Å². The molecule has 7 nitrogen and oxygen atoms in total. The summed E-state index contributed by atoms with van der Waals surface area (Å²) < 4.78 is 11.0. The average molecular weight is 471 g/mol. The molecule has 178 valence electrons. The zero-order chi connectivity index (χ0) is 24.8. The summed E-state index contributed by atoms with van der Waals surface area (Å²) in [5.41, 5.74) is 1.70. The van der Waals surface area contributed by atoms with Crippen LogP contribution < -0.4 is 19.6 Å². The Labute approximate surface area is 203 Å². The molecule has 1 saturated heterocycles. The van der Waals surface area contributed by atoms with Crippen LogP contribution in [0, 0.1) is 0 Å². The van der Waals surface area contributed by atoms with Crippen LogP contribution in [-0.2, 0) is 16.1 Å². The maximum atomic E-state index is 13.6. The number of ketones is 1. The van der Waals surface area contributed by atoms with Gasteiger partial charge in [0, 0.05) is 17.2 Å². The molecule has 7 heteroatoms. The van der Waals surface area contributed by atoms with Crippen LogP contribution in [0.2, 0.25) is 0 Å². The summed E-state index contributed by atoms with van der Waals surface area (Å²) in [5.74, 6) is -0.744. The lowest BCUT2D eigenvalue weighted by atomic mass is 9.95. The third-order valence-corrected chi connectivity index (χ3v) is 5.65. The van der Waals surface area contributed by atoms with E-state index in [9.17, 15) is 14.7 Å². The quantitative estimate of drug-likeness (QED) is 0.208. The molecule has 1 atom stereocenters. The van der Waals surface area contributed by atoms with Crippen molar-refractivity contribution in [3.63, 3.8) is 0 Å². The second-order valence-corrected chi connectivity index (χ2v) is 7.95. The standard InChI is InChI=1S/C28H26N2O5/c1-3-16-35-23-13-9-21(10-14-23)26(31)24-25(20-7-11-22(12-8-20)34-4-2)30(28(33)27(24)32)18-19-6-5-15-29-17-19/h3,5-15,17,25,31H,1,4,16,18H2,2H3. The van der Waals surface area contributed by atoms with Crippen LogP contribution in [0.3, 0.4) is 0 Å². The minimum Gasteiger partial charge on any atom is -0.872 e. The molecule has 3 aromatic rings. The van der Waals surface area contributed by atoms with Gasteiger partial charge in [0.2, 0.25) is 5.78 Å². The zero-order valence-electron chi connectivity index (χ0n) is 19.4. The van der Waals surface area contributed by atoms with Crippen molar-refractivity contribution in [1.82, 2.24) is 4.90 Å². The van der Waals surface area contributed by atoms with Crippen molar-refractivity contribution in [2.75, 3.05) is 13.2 Å². The van der Waals surface area contributed by atoms with Crippen LogP contribution in [0.5, 0.6) is 11.5 Å². The van der Waals surface area contributed by atoms with Gasteiger partial charge in [-0.3, -0.25) is 9.59 Å². The molecule has 2 heterocycles. The highest BCUT2D eigenvalue weighted by molar-refractivity contribution is 6.46. The molecule has 0 bridgehead atoms. The van der Waals surface area contributed by atoms with Crippen molar-refractivity contribution in [3.8, 4) is 11.5 Å². The van der Waals surface area contributed by atoms with E-state index in [1.54, 1.807) is 67.0 Å². The molecule has 0 spiro atoms. The first-order valence-corrected chi connectivity index (χ1v) is 11.3. The van der Waals surface area contributed by atoms with Gasteiger partial charge in [-0.05, 0) is 48.4 Å². The van der Waals surface area contributed by atoms with Crippen LogP contribution in [0.4, 0.5) is 0 Å². The maximum Gasteiger partial charge on any atom is 0.295 e. The summed E-state index contributed by atoms with van der Waals surface area (Å²) in [6.07, 6.45) is 5.14. The lowest BCUT2D eigenvalue weighted by molar-refractivity contribution is -0.378. The second kappa shape index (κ2) is 10.7. The van der Waals surface area contributed by atoms with Crippen molar-refractivity contribution in [2.45, 2.75) is 19.5 Å². The minimum absolute atomic E-state index is 0.0705. The Bertz CT molecular complexity index is 1230. The maximum absolute atomic E-state index is 13.6. The summed E-state index contributed by atoms with van der Waals surface area (Å²) >= 11 is 0. The van der Waals surface area contributed by atoms with Gasteiger partial charge in [-0.2, -0.15) is 0 Å². The third kappa shape index (κ3) is 5.09. The molecule has 4 rings (SSSR count). The summed E-state index contributed by atoms with van der Waals surface area (Å²) in [6.45, 7) is 6.52. The number of aromatic nitrogens is 1. The minimum atomic E-state index is -0.824. The monoisotopic (exact) mass is 470 g/mol. The van der Waals surface area contributed by atoms with Crippen LogP contribution in [0.1, 0.15) is 29.7 Å². The van der Waals surface area contributed by atoms with Crippen LogP contribution in [0.15, 0.2) is 91.3 Å². The van der Waals surface area contributed by atoms with Gasteiger partial charge in [0.15, 0.2) is 12.4 Å². The van der Waals surface area contributed by atoms with Gasteiger partial charge in [0.1, 0.15) is 18.1 Å². The molecule has 2 aromatic carbocycles. The first kappa shape index (κ1) is 23.8. The van der Waals surface area contributed by atoms with Crippen LogP contribution in [-0.4, -0.2) is 29.8 Å². The second-order valence-electron chi connectivity index (χ2n) is 7.95. The van der Waals surface area contributed by atoms with E-state index in [0.29, 0.717) is 35.8 Å². The topological polar surface area (TPSA) is 93.0 Å². The summed E-state index contributed by atoms with van der Waals surface area (Å²) in [4.78, 5) is 30.7. The first-order valence-electron chi connectivity index (χ1n) is 11.3. The number of nitrogens with one attached hydrogen (secondary N) is 1. The number of aromatic amines is 1. The van der Waals surface area contributed by atoms with E-state index >= 15 is 0 Å². The number of rotatable bonds is 9. The lowest BCUT2D eigenvalue weighted by Crippen LogP contribution is -2.29. The first-order chi connectivity index (χ1) is 17.0. The van der Waals surface area contributed by atoms with Gasteiger partial charge in [0.25, 0.3) is 5.91 Å². The number of carbonyl (C=O) groups excluding carboxylic acids is 2. The number of carbonyl (C=O) groups is 2. The highest BCUT2D eigenvalue weighted by atomic mass is 16.5. The van der Waals surface area contributed by atoms with Gasteiger partial charge in [-0.15, -0.1) is 0 Å². The molecule has 0 aliphatic carbocycles. The van der Waals surface area contributed by atoms with E-state index in [0.717, 1.165) is 5.56 Å². The van der Waals surface area contributed by atoms with Crippen molar-refractivity contribution >= 4 is 17.4 Å². The molecular weight excluding hydrogens is 444 g/mol. The highest BCUT2D eigenvalue weighted by Gasteiger charge is 2.44. The number of nitrogens with zero attached hydrogens (tertiary/aromatic N) is 1. The number of amides is 1. The van der Waals surface area contributed by atoms with Gasteiger partial charge in [-0.25, -0.2) is 4.98 Å². The number of hydrogen-bond acceptors (Lipinski definition) is 5. The van der Waals surface area contributed by atoms with E-state index in [-0.39, 0.29) is 12.1 Å². The summed E-state index contributed by atoms with van der Waals surface area (Å²) in [7, 11) is 0. The van der Waals surface area contributed by atoms with Crippen molar-refractivity contribution < 1.29 is 29.2 Å². The van der Waals surface area contributed by atoms with E-state index in [2.05, 4.69) is 11.6 Å². The molecule has 35 heavy (non-hydrogen) atoms. The van der Waals surface area contributed by atoms with Crippen LogP contribution in [0.25, 0.3) is 5.76 Å². The molecule has 0 saturated carbocycles. The van der Waals surface area contributed by atoms with Gasteiger partial charge >= 0.3 is 0 Å². The molecule has 1 unspecified atom stereocenters. The zero-order valence-corrected chi connectivity index (χ0v) is 19.4. The summed E-state index contributed by atoms with van der Waals surface area (Å²) in [5, 5.41) is 13.6. The SMILES string of the molecule is C=CCOc1ccc(C([O-])=C2C(=O)C(=O)N(Cc3ccc[nH+]c3)C2c2ccc(OCC)cc2)cc1. The van der Waals surface area contributed by atoms with Crippen molar-refractivity contribution in [1.29, 1.82) is 0 Å². The fraction of sp³-hybridized carbons (Fsp3) is 0.179. The average Bonchev–Trinajstić information content (AvgIpc) is 3.13. The largest absolute Gasteiger partial charge is 0.872 e.